The van der Waals surface area contributed by atoms with Crippen molar-refractivity contribution in [3.05, 3.63) is 78.2 Å². The number of hydrogen-bond acceptors (Lipinski definition) is 0. The van der Waals surface area contributed by atoms with Crippen molar-refractivity contribution < 1.29 is 0 Å². The Balaban J connectivity index is 1.97. The summed E-state index contributed by atoms with van der Waals surface area (Å²) in [5.74, 6) is 0.636. The van der Waals surface area contributed by atoms with Gasteiger partial charge in [0.05, 0.1) is 0 Å². The highest BCUT2D eigenvalue weighted by molar-refractivity contribution is 5.25. The molecule has 0 aromatic heterocycles. The van der Waals surface area contributed by atoms with Crippen molar-refractivity contribution in [2.75, 3.05) is 0 Å². The quantitative estimate of drug-likeness (QED) is 0.681. The van der Waals surface area contributed by atoms with Gasteiger partial charge < -0.3 is 0 Å². The molecule has 0 aliphatic rings. The first-order chi connectivity index (χ1) is 8.40. The lowest BCUT2D eigenvalue weighted by Crippen LogP contribution is -1.98. The van der Waals surface area contributed by atoms with Crippen LogP contribution >= 0.6 is 0 Å². The van der Waals surface area contributed by atoms with Gasteiger partial charge >= 0.3 is 0 Å². The monoisotopic (exact) mass is 223 g/mol. The molecule has 0 heterocycles. The average molecular weight is 223 g/mol. The molecule has 0 saturated carbocycles. The molecule has 0 amide bonds. The lowest BCUT2D eigenvalue weighted by Gasteiger charge is -2.14. The second-order valence-electron chi connectivity index (χ2n) is 4.37. The summed E-state index contributed by atoms with van der Waals surface area (Å²) in [4.78, 5) is 0. The van der Waals surface area contributed by atoms with Crippen LogP contribution in [-0.2, 0) is 0 Å². The standard InChI is InChI=1S/C17H19/c1-2-16(17-11-7-4-8-12-17)14-13-15-9-5-3-6-10-15/h3-13,16H,2,14H2,1H3. The molecule has 1 atom stereocenters. The lowest BCUT2D eigenvalue weighted by molar-refractivity contribution is 0.657. The largest absolute Gasteiger partial charge is 0.0648 e. The van der Waals surface area contributed by atoms with Crippen LogP contribution in [0.3, 0.4) is 0 Å². The molecule has 1 radical (unpaired) electrons. The van der Waals surface area contributed by atoms with E-state index in [0.717, 1.165) is 6.42 Å². The van der Waals surface area contributed by atoms with Gasteiger partial charge in [-0.25, -0.2) is 0 Å². The molecule has 0 spiro atoms. The Labute approximate surface area is 104 Å². The van der Waals surface area contributed by atoms with Gasteiger partial charge in [0.1, 0.15) is 0 Å². The van der Waals surface area contributed by atoms with Crippen LogP contribution in [0, 0.1) is 6.42 Å². The van der Waals surface area contributed by atoms with Gasteiger partial charge in [0.2, 0.25) is 0 Å². The zero-order chi connectivity index (χ0) is 11.9. The highest BCUT2D eigenvalue weighted by Crippen LogP contribution is 2.25. The summed E-state index contributed by atoms with van der Waals surface area (Å²) in [6.45, 7) is 2.26. The summed E-state index contributed by atoms with van der Waals surface area (Å²) in [6, 6.07) is 21.4. The molecule has 0 bridgehead atoms. The molecule has 0 aliphatic carbocycles. The van der Waals surface area contributed by atoms with E-state index >= 15 is 0 Å². The van der Waals surface area contributed by atoms with Crippen molar-refractivity contribution in [2.24, 2.45) is 0 Å². The van der Waals surface area contributed by atoms with E-state index in [9.17, 15) is 0 Å². The summed E-state index contributed by atoms with van der Waals surface area (Å²) in [5.41, 5.74) is 2.77. The molecule has 0 aliphatic heterocycles. The zero-order valence-electron chi connectivity index (χ0n) is 10.3. The predicted molar refractivity (Wildman–Crippen MR) is 73.9 cm³/mol. The Kier molecular flexibility index (Phi) is 4.37. The Morgan fingerprint density at radius 1 is 0.882 bits per heavy atom. The smallest absolute Gasteiger partial charge is 0.00871 e. The molecule has 0 heteroatoms. The van der Waals surface area contributed by atoms with Gasteiger partial charge in [-0.3, -0.25) is 0 Å². The van der Waals surface area contributed by atoms with Gasteiger partial charge in [-0.1, -0.05) is 67.6 Å². The van der Waals surface area contributed by atoms with E-state index < -0.39 is 0 Å². The second-order valence-corrected chi connectivity index (χ2v) is 4.37. The highest BCUT2D eigenvalue weighted by Gasteiger charge is 2.08. The maximum Gasteiger partial charge on any atom is -0.00871 e. The molecule has 0 nitrogen and oxygen atoms in total. The molecule has 2 rings (SSSR count). The Morgan fingerprint density at radius 2 is 1.47 bits per heavy atom. The Morgan fingerprint density at radius 3 is 2.06 bits per heavy atom. The van der Waals surface area contributed by atoms with Gasteiger partial charge in [0.25, 0.3) is 0 Å². The van der Waals surface area contributed by atoms with E-state index in [0.29, 0.717) is 5.92 Å². The van der Waals surface area contributed by atoms with Crippen molar-refractivity contribution in [2.45, 2.75) is 25.7 Å². The van der Waals surface area contributed by atoms with E-state index in [1.165, 1.54) is 17.5 Å². The molecular weight excluding hydrogens is 204 g/mol. The van der Waals surface area contributed by atoms with Gasteiger partial charge in [-0.15, -0.1) is 0 Å². The van der Waals surface area contributed by atoms with Gasteiger partial charge in [-0.05, 0) is 36.3 Å². The summed E-state index contributed by atoms with van der Waals surface area (Å²) in [5, 5.41) is 0. The van der Waals surface area contributed by atoms with Crippen LogP contribution in [0.5, 0.6) is 0 Å². The predicted octanol–water partition coefficient (Wildman–Crippen LogP) is 4.82. The fourth-order valence-corrected chi connectivity index (χ4v) is 2.13. The maximum atomic E-state index is 2.33. The first-order valence-electron chi connectivity index (χ1n) is 6.33. The Hall–Kier alpha value is -1.56. The first-order valence-corrected chi connectivity index (χ1v) is 6.33. The van der Waals surface area contributed by atoms with Crippen LogP contribution in [0.15, 0.2) is 60.7 Å². The van der Waals surface area contributed by atoms with Crippen LogP contribution in [0.2, 0.25) is 0 Å². The zero-order valence-corrected chi connectivity index (χ0v) is 10.3. The first kappa shape index (κ1) is 11.9. The normalized spacial score (nSPS) is 12.3. The second kappa shape index (κ2) is 6.24. The van der Waals surface area contributed by atoms with Crippen LogP contribution in [0.25, 0.3) is 0 Å². The summed E-state index contributed by atoms with van der Waals surface area (Å²) in [7, 11) is 0. The number of benzene rings is 2. The lowest BCUT2D eigenvalue weighted by atomic mass is 9.90. The molecule has 0 fully saturated rings. The van der Waals surface area contributed by atoms with Crippen LogP contribution in [-0.4, -0.2) is 0 Å². The van der Waals surface area contributed by atoms with E-state index in [4.69, 9.17) is 0 Å². The van der Waals surface area contributed by atoms with Crippen LogP contribution < -0.4 is 0 Å². The third kappa shape index (κ3) is 3.45. The minimum absolute atomic E-state index is 0.636. The molecule has 0 saturated heterocycles. The number of rotatable bonds is 5. The molecule has 2 aromatic carbocycles. The third-order valence-corrected chi connectivity index (χ3v) is 3.20. The minimum Gasteiger partial charge on any atom is -0.0648 e. The molecule has 87 valence electrons. The Bertz CT molecular complexity index is 416. The fraction of sp³-hybridized carbons (Fsp3) is 0.235. The molecule has 0 N–H and O–H groups in total. The molecule has 17 heavy (non-hydrogen) atoms. The maximum absolute atomic E-state index is 2.33. The van der Waals surface area contributed by atoms with Gasteiger partial charge in [0.15, 0.2) is 0 Å². The van der Waals surface area contributed by atoms with Crippen molar-refractivity contribution in [1.29, 1.82) is 0 Å². The minimum atomic E-state index is 0.636. The van der Waals surface area contributed by atoms with Crippen LogP contribution in [0.4, 0.5) is 0 Å². The highest BCUT2D eigenvalue weighted by atomic mass is 14.1. The van der Waals surface area contributed by atoms with Gasteiger partial charge in [0, 0.05) is 0 Å². The SMILES string of the molecule is CCC(C[CH]c1ccccc1)c1ccccc1. The van der Waals surface area contributed by atoms with Crippen molar-refractivity contribution >= 4 is 0 Å². The third-order valence-electron chi connectivity index (χ3n) is 3.20. The van der Waals surface area contributed by atoms with E-state index in [1.54, 1.807) is 0 Å². The summed E-state index contributed by atoms with van der Waals surface area (Å²) < 4.78 is 0. The van der Waals surface area contributed by atoms with E-state index in [2.05, 4.69) is 74.0 Å². The van der Waals surface area contributed by atoms with E-state index in [1.807, 2.05) is 0 Å². The van der Waals surface area contributed by atoms with Crippen LogP contribution in [0.1, 0.15) is 36.8 Å². The topological polar surface area (TPSA) is 0 Å². The van der Waals surface area contributed by atoms with E-state index in [-0.39, 0.29) is 0 Å². The number of hydrogen-bond donors (Lipinski definition) is 0. The molecule has 2 aromatic rings. The molecule has 1 unspecified atom stereocenters. The van der Waals surface area contributed by atoms with Crippen molar-refractivity contribution in [1.82, 2.24) is 0 Å². The fourth-order valence-electron chi connectivity index (χ4n) is 2.13. The summed E-state index contributed by atoms with van der Waals surface area (Å²) >= 11 is 0. The summed E-state index contributed by atoms with van der Waals surface area (Å²) in [6.07, 6.45) is 4.64. The van der Waals surface area contributed by atoms with Gasteiger partial charge in [-0.2, -0.15) is 0 Å². The average Bonchev–Trinajstić information content (AvgIpc) is 2.42. The van der Waals surface area contributed by atoms with Crippen molar-refractivity contribution in [3.63, 3.8) is 0 Å². The molecular formula is C17H19. The van der Waals surface area contributed by atoms with Crippen molar-refractivity contribution in [3.8, 4) is 0 Å².